The van der Waals surface area contributed by atoms with E-state index in [-0.39, 0.29) is 28.4 Å². The maximum absolute atomic E-state index is 14.6. The summed E-state index contributed by atoms with van der Waals surface area (Å²) in [7, 11) is 0. The molecule has 0 saturated carbocycles. The van der Waals surface area contributed by atoms with E-state index >= 15 is 0 Å². The van der Waals surface area contributed by atoms with E-state index in [1.54, 1.807) is 4.90 Å². The zero-order chi connectivity index (χ0) is 22.7. The molecule has 9 heteroatoms. The van der Waals surface area contributed by atoms with Crippen LogP contribution in [0.1, 0.15) is 46.1 Å². The monoisotopic (exact) mass is 450 g/mol. The fraction of sp³-hybridized carbons (Fsp3) is 0.500. The third kappa shape index (κ3) is 3.82. The van der Waals surface area contributed by atoms with Crippen LogP contribution in [0.25, 0.3) is 16.5 Å². The van der Waals surface area contributed by atoms with Gasteiger partial charge in [0.2, 0.25) is 0 Å². The van der Waals surface area contributed by atoms with Gasteiger partial charge < -0.3 is 14.5 Å². The third-order valence-corrected chi connectivity index (χ3v) is 6.03. The summed E-state index contributed by atoms with van der Waals surface area (Å²) >= 11 is 6.37. The summed E-state index contributed by atoms with van der Waals surface area (Å²) in [6, 6.07) is 0.706. The Kier molecular flexibility index (Phi) is 5.32. The highest BCUT2D eigenvalue weighted by Gasteiger charge is 2.41. The fourth-order valence-electron chi connectivity index (χ4n) is 4.41. The quantitative estimate of drug-likeness (QED) is 0.560. The van der Waals surface area contributed by atoms with E-state index in [0.717, 1.165) is 6.07 Å². The third-order valence-electron chi connectivity index (χ3n) is 5.73. The largest absolute Gasteiger partial charge is 0.444 e. The lowest BCUT2D eigenvalue weighted by atomic mass is 9.96. The molecule has 1 saturated heterocycles. The van der Waals surface area contributed by atoms with Crippen LogP contribution in [0.4, 0.5) is 19.4 Å². The number of ether oxygens (including phenoxy) is 1. The van der Waals surface area contributed by atoms with Crippen LogP contribution in [0, 0.1) is 11.9 Å². The van der Waals surface area contributed by atoms with Gasteiger partial charge in [0.25, 0.3) is 0 Å². The molecule has 1 amide bonds. The van der Waals surface area contributed by atoms with Gasteiger partial charge in [0.1, 0.15) is 16.9 Å². The zero-order valence-electron chi connectivity index (χ0n) is 18.0. The molecule has 0 aliphatic carbocycles. The smallest absolute Gasteiger partial charge is 0.410 e. The summed E-state index contributed by atoms with van der Waals surface area (Å²) in [5, 5.41) is 0.543. The molecule has 0 spiro atoms. The Morgan fingerprint density at radius 2 is 2.03 bits per heavy atom. The van der Waals surface area contributed by atoms with Crippen molar-refractivity contribution in [3.8, 4) is 0 Å². The van der Waals surface area contributed by atoms with Crippen molar-refractivity contribution < 1.29 is 18.3 Å². The van der Waals surface area contributed by atoms with Crippen LogP contribution in [0.15, 0.2) is 12.6 Å². The molecule has 2 aliphatic rings. The average molecular weight is 451 g/mol. The number of carbonyl (C=O) groups excluding carboxylic acids is 1. The highest BCUT2D eigenvalue weighted by atomic mass is 35.5. The number of carbonyl (C=O) groups is 1. The van der Waals surface area contributed by atoms with Crippen molar-refractivity contribution >= 4 is 40.0 Å². The summed E-state index contributed by atoms with van der Waals surface area (Å²) in [6.07, 6.45) is -0.288. The van der Waals surface area contributed by atoms with Gasteiger partial charge in [0.15, 0.2) is 5.82 Å². The number of piperazine rings is 1. The summed E-state index contributed by atoms with van der Waals surface area (Å²) in [6.45, 7) is 12.3. The van der Waals surface area contributed by atoms with E-state index in [1.165, 1.54) is 0 Å². The van der Waals surface area contributed by atoms with Crippen LogP contribution in [0.3, 0.4) is 0 Å². The second-order valence-corrected chi connectivity index (χ2v) is 9.47. The van der Waals surface area contributed by atoms with E-state index < -0.39 is 23.6 Å². The number of amides is 1. The number of aromatic nitrogens is 2. The van der Waals surface area contributed by atoms with Gasteiger partial charge >= 0.3 is 12.2 Å². The molecule has 31 heavy (non-hydrogen) atoms. The Balaban J connectivity index is 1.83. The van der Waals surface area contributed by atoms with E-state index in [9.17, 15) is 13.6 Å². The van der Waals surface area contributed by atoms with Crippen molar-refractivity contribution in [1.29, 1.82) is 0 Å². The lowest BCUT2D eigenvalue weighted by molar-refractivity contribution is 0.0101. The maximum Gasteiger partial charge on any atom is 0.410 e. The summed E-state index contributed by atoms with van der Waals surface area (Å²) < 4.78 is 34.6. The Morgan fingerprint density at radius 1 is 1.32 bits per heavy atom. The van der Waals surface area contributed by atoms with E-state index in [2.05, 4.69) is 16.5 Å². The first-order valence-corrected chi connectivity index (χ1v) is 10.7. The molecule has 2 aromatic rings. The highest BCUT2D eigenvalue weighted by Crippen LogP contribution is 2.43. The van der Waals surface area contributed by atoms with Crippen LogP contribution in [-0.4, -0.2) is 51.7 Å². The number of benzene rings is 1. The zero-order valence-corrected chi connectivity index (χ0v) is 18.8. The van der Waals surface area contributed by atoms with Gasteiger partial charge in [-0.3, -0.25) is 0 Å². The Labute approximate surface area is 184 Å². The van der Waals surface area contributed by atoms with Crippen molar-refractivity contribution in [2.45, 2.75) is 58.2 Å². The van der Waals surface area contributed by atoms with Gasteiger partial charge in [-0.05, 0) is 45.3 Å². The number of hydrogen-bond donors (Lipinski definition) is 0. The minimum Gasteiger partial charge on any atom is -0.444 e. The van der Waals surface area contributed by atoms with Crippen LogP contribution in [0.2, 0.25) is 5.02 Å². The molecular weight excluding hydrogens is 426 g/mol. The number of nitrogens with zero attached hydrogens (tertiary/aromatic N) is 4. The van der Waals surface area contributed by atoms with Gasteiger partial charge in [0.05, 0.1) is 22.5 Å². The van der Waals surface area contributed by atoms with Gasteiger partial charge in [0, 0.05) is 18.7 Å². The first kappa shape index (κ1) is 21.7. The molecule has 1 fully saturated rings. The minimum absolute atomic E-state index is 0.119. The topological polar surface area (TPSA) is 58.6 Å². The Morgan fingerprint density at radius 3 is 2.68 bits per heavy atom. The Bertz CT molecular complexity index is 1090. The molecule has 1 aromatic heterocycles. The van der Waals surface area contributed by atoms with E-state index in [4.69, 9.17) is 16.3 Å². The molecule has 3 heterocycles. The van der Waals surface area contributed by atoms with Crippen LogP contribution in [0.5, 0.6) is 0 Å². The molecule has 0 unspecified atom stereocenters. The molecule has 0 radical (unpaired) electrons. The van der Waals surface area contributed by atoms with Crippen molar-refractivity contribution in [3.63, 3.8) is 0 Å². The molecule has 6 nitrogen and oxygen atoms in total. The number of hydrogen-bond acceptors (Lipinski definition) is 5. The molecule has 1 aromatic carbocycles. The van der Waals surface area contributed by atoms with Crippen molar-refractivity contribution in [3.05, 3.63) is 35.1 Å². The molecular formula is C22H25ClF2N4O2. The molecule has 0 bridgehead atoms. The molecule has 0 N–H and O–H groups in total. The Hall–Kier alpha value is -2.48. The first-order chi connectivity index (χ1) is 14.5. The highest BCUT2D eigenvalue weighted by molar-refractivity contribution is 6.34. The number of rotatable bonds is 1. The molecule has 2 aliphatic heterocycles. The normalized spacial score (nSPS) is 21.2. The van der Waals surface area contributed by atoms with Crippen molar-refractivity contribution in [1.82, 2.24) is 14.9 Å². The van der Waals surface area contributed by atoms with Gasteiger partial charge in [-0.25, -0.2) is 9.18 Å². The number of fused-ring (bicyclic) bond motifs is 2. The first-order valence-electron chi connectivity index (χ1n) is 10.3. The summed E-state index contributed by atoms with van der Waals surface area (Å²) in [5.74, 6) is -0.429. The van der Waals surface area contributed by atoms with E-state index in [0.29, 0.717) is 42.5 Å². The second-order valence-electron chi connectivity index (χ2n) is 9.06. The van der Waals surface area contributed by atoms with Crippen LogP contribution < -0.4 is 4.90 Å². The lowest BCUT2D eigenvalue weighted by Gasteiger charge is -2.46. The second kappa shape index (κ2) is 7.58. The molecule has 166 valence electrons. The van der Waals surface area contributed by atoms with Crippen molar-refractivity contribution in [2.75, 3.05) is 18.0 Å². The van der Waals surface area contributed by atoms with Crippen LogP contribution in [-0.2, 0) is 4.74 Å². The SMILES string of the molecule is C=C1C[C@@H]2CN(C(=O)OC(C)(C)C)[C@H](CC)CN2c2nc(F)nc3c(F)cc(Cl)c1c23. The van der Waals surface area contributed by atoms with Gasteiger partial charge in [-0.1, -0.05) is 25.1 Å². The average Bonchev–Trinajstić information content (AvgIpc) is 2.77. The number of halogens is 3. The van der Waals surface area contributed by atoms with Crippen LogP contribution >= 0.6 is 11.6 Å². The van der Waals surface area contributed by atoms with Gasteiger partial charge in [-0.2, -0.15) is 14.4 Å². The van der Waals surface area contributed by atoms with Gasteiger partial charge in [-0.15, -0.1) is 0 Å². The van der Waals surface area contributed by atoms with E-state index in [1.807, 2.05) is 32.6 Å². The summed E-state index contributed by atoms with van der Waals surface area (Å²) in [5.41, 5.74) is 0.451. The molecule has 2 atom stereocenters. The standard InChI is InChI=1S/C22H25ClF2N4O2/c1-6-12-9-28-13(10-29(12)21(30)31-22(3,4)5)7-11(2)16-14(23)8-15(24)18-17(16)19(28)27-20(25)26-18/h8,12-13H,2,6-7,9-10H2,1,3-5H3/t12-,13-/m1/s1. The lowest BCUT2D eigenvalue weighted by Crippen LogP contribution is -2.60. The summed E-state index contributed by atoms with van der Waals surface area (Å²) in [4.78, 5) is 24.3. The number of anilines is 1. The molecule has 4 rings (SSSR count). The predicted molar refractivity (Wildman–Crippen MR) is 116 cm³/mol. The maximum atomic E-state index is 14.6. The predicted octanol–water partition coefficient (Wildman–Crippen LogP) is 5.18. The fourth-order valence-corrected chi connectivity index (χ4v) is 4.74. The minimum atomic E-state index is -1.01. The van der Waals surface area contributed by atoms with Crippen molar-refractivity contribution in [2.24, 2.45) is 0 Å².